The number of benzene rings is 1. The van der Waals surface area contributed by atoms with Crippen LogP contribution >= 0.6 is 15.9 Å². The Morgan fingerprint density at radius 3 is 3.00 bits per heavy atom. The lowest BCUT2D eigenvalue weighted by Gasteiger charge is -2.13. The minimum Gasteiger partial charge on any atom is -0.492 e. The van der Waals surface area contributed by atoms with Crippen molar-refractivity contribution in [3.05, 3.63) is 28.2 Å². The number of halogens is 1. The van der Waals surface area contributed by atoms with Crippen LogP contribution in [0.5, 0.6) is 5.75 Å². The fourth-order valence-electron chi connectivity index (χ4n) is 1.84. The fraction of sp³-hybridized carbons (Fsp3) is 0.538. The zero-order valence-electron chi connectivity index (χ0n) is 9.99. The Morgan fingerprint density at radius 2 is 2.41 bits per heavy atom. The van der Waals surface area contributed by atoms with E-state index in [4.69, 9.17) is 15.2 Å². The van der Waals surface area contributed by atoms with Crippen LogP contribution in [0.1, 0.15) is 24.9 Å². The zero-order valence-corrected chi connectivity index (χ0v) is 11.6. The van der Waals surface area contributed by atoms with Crippen LogP contribution in [0.4, 0.5) is 0 Å². The molecule has 2 rings (SSSR count). The van der Waals surface area contributed by atoms with Gasteiger partial charge in [-0.3, -0.25) is 0 Å². The highest BCUT2D eigenvalue weighted by atomic mass is 79.9. The van der Waals surface area contributed by atoms with Gasteiger partial charge >= 0.3 is 0 Å². The summed E-state index contributed by atoms with van der Waals surface area (Å²) in [5.74, 6) is 1.40. The summed E-state index contributed by atoms with van der Waals surface area (Å²) in [6, 6.07) is 6.04. The average Bonchev–Trinajstić information content (AvgIpc) is 2.80. The summed E-state index contributed by atoms with van der Waals surface area (Å²) in [4.78, 5) is 0. The summed E-state index contributed by atoms with van der Waals surface area (Å²) >= 11 is 3.51. The number of rotatable bonds is 4. The molecule has 1 aromatic rings. The van der Waals surface area contributed by atoms with Gasteiger partial charge in [-0.05, 0) is 47.0 Å². The maximum Gasteiger partial charge on any atom is 0.133 e. The Morgan fingerprint density at radius 1 is 1.59 bits per heavy atom. The normalized spacial score (nSPS) is 21.5. The molecule has 2 N–H and O–H groups in total. The summed E-state index contributed by atoms with van der Waals surface area (Å²) < 4.78 is 12.1. The van der Waals surface area contributed by atoms with Crippen LogP contribution in [0.3, 0.4) is 0 Å². The predicted molar refractivity (Wildman–Crippen MR) is 71.2 cm³/mol. The molecule has 1 heterocycles. The second-order valence-electron chi connectivity index (χ2n) is 4.52. The molecule has 2 unspecified atom stereocenters. The second-order valence-corrected chi connectivity index (χ2v) is 5.37. The van der Waals surface area contributed by atoms with Gasteiger partial charge in [0.25, 0.3) is 0 Å². The van der Waals surface area contributed by atoms with Gasteiger partial charge in [0, 0.05) is 18.6 Å². The van der Waals surface area contributed by atoms with Crippen LogP contribution in [0.15, 0.2) is 22.7 Å². The molecular weight excluding hydrogens is 282 g/mol. The molecule has 1 fully saturated rings. The Labute approximate surface area is 110 Å². The lowest BCUT2D eigenvalue weighted by Crippen LogP contribution is -2.12. The van der Waals surface area contributed by atoms with Crippen molar-refractivity contribution in [2.45, 2.75) is 19.4 Å². The van der Waals surface area contributed by atoms with Crippen LogP contribution in [-0.2, 0) is 4.74 Å². The van der Waals surface area contributed by atoms with Crippen molar-refractivity contribution >= 4 is 15.9 Å². The molecular formula is C13H18BrNO2. The maximum absolute atomic E-state index is 5.83. The first-order valence-electron chi connectivity index (χ1n) is 5.92. The molecule has 2 atom stereocenters. The van der Waals surface area contributed by atoms with E-state index in [1.807, 2.05) is 25.1 Å². The van der Waals surface area contributed by atoms with Gasteiger partial charge in [0.2, 0.25) is 0 Å². The average molecular weight is 300 g/mol. The summed E-state index contributed by atoms with van der Waals surface area (Å²) in [5, 5.41) is 0. The number of hydrogen-bond donors (Lipinski definition) is 1. The predicted octanol–water partition coefficient (Wildman–Crippen LogP) is 2.88. The number of ether oxygens (including phenoxy) is 2. The molecule has 1 aliphatic heterocycles. The Balaban J connectivity index is 1.96. The highest BCUT2D eigenvalue weighted by molar-refractivity contribution is 9.10. The highest BCUT2D eigenvalue weighted by Crippen LogP contribution is 2.28. The maximum atomic E-state index is 5.83. The summed E-state index contributed by atoms with van der Waals surface area (Å²) in [5.41, 5.74) is 6.93. The smallest absolute Gasteiger partial charge is 0.133 e. The number of nitrogens with two attached hydrogens (primary N) is 1. The molecule has 1 aliphatic rings. The van der Waals surface area contributed by atoms with E-state index in [9.17, 15) is 0 Å². The Bertz CT molecular complexity index is 376. The van der Waals surface area contributed by atoms with Crippen molar-refractivity contribution in [2.75, 3.05) is 19.8 Å². The largest absolute Gasteiger partial charge is 0.492 e. The zero-order chi connectivity index (χ0) is 12.3. The topological polar surface area (TPSA) is 44.5 Å². The second kappa shape index (κ2) is 5.85. The van der Waals surface area contributed by atoms with Gasteiger partial charge in [-0.15, -0.1) is 0 Å². The van der Waals surface area contributed by atoms with E-state index >= 15 is 0 Å². The van der Waals surface area contributed by atoms with Crippen LogP contribution < -0.4 is 10.5 Å². The molecule has 94 valence electrons. The van der Waals surface area contributed by atoms with Gasteiger partial charge in [0.1, 0.15) is 5.75 Å². The van der Waals surface area contributed by atoms with Gasteiger partial charge in [0.15, 0.2) is 0 Å². The molecule has 0 saturated carbocycles. The monoisotopic (exact) mass is 299 g/mol. The molecule has 0 aromatic heterocycles. The minimum atomic E-state index is 0.0450. The first kappa shape index (κ1) is 12.9. The van der Waals surface area contributed by atoms with E-state index in [0.717, 1.165) is 42.0 Å². The van der Waals surface area contributed by atoms with E-state index in [0.29, 0.717) is 5.92 Å². The highest BCUT2D eigenvalue weighted by Gasteiger charge is 2.16. The lowest BCUT2D eigenvalue weighted by atomic mass is 10.1. The summed E-state index contributed by atoms with van der Waals surface area (Å²) in [6.07, 6.45) is 1.09. The molecule has 1 saturated heterocycles. The van der Waals surface area contributed by atoms with Crippen LogP contribution in [-0.4, -0.2) is 19.8 Å². The van der Waals surface area contributed by atoms with Crippen molar-refractivity contribution in [1.29, 1.82) is 0 Å². The Hall–Kier alpha value is -0.580. The third-order valence-electron chi connectivity index (χ3n) is 2.98. The van der Waals surface area contributed by atoms with E-state index in [1.165, 1.54) is 0 Å². The molecule has 0 amide bonds. The van der Waals surface area contributed by atoms with Crippen molar-refractivity contribution in [1.82, 2.24) is 0 Å². The third-order valence-corrected chi connectivity index (χ3v) is 3.60. The van der Waals surface area contributed by atoms with E-state index in [1.54, 1.807) is 0 Å². The Kier molecular flexibility index (Phi) is 4.42. The van der Waals surface area contributed by atoms with Gasteiger partial charge in [-0.2, -0.15) is 0 Å². The van der Waals surface area contributed by atoms with Gasteiger partial charge in [-0.25, -0.2) is 0 Å². The van der Waals surface area contributed by atoms with Crippen molar-refractivity contribution in [3.63, 3.8) is 0 Å². The number of hydrogen-bond acceptors (Lipinski definition) is 3. The standard InChI is InChI=1S/C13H18BrNO2/c1-9(15)11-2-3-13(12(14)6-11)17-8-10-4-5-16-7-10/h2-3,6,9-10H,4-5,7-8,15H2,1H3. The molecule has 0 spiro atoms. The van der Waals surface area contributed by atoms with Crippen molar-refractivity contribution in [3.8, 4) is 5.75 Å². The summed E-state index contributed by atoms with van der Waals surface area (Å²) in [7, 11) is 0. The molecule has 0 aliphatic carbocycles. The SMILES string of the molecule is CC(N)c1ccc(OCC2CCOC2)c(Br)c1. The third kappa shape index (κ3) is 3.44. The minimum absolute atomic E-state index is 0.0450. The first-order chi connectivity index (χ1) is 8.16. The van der Waals surface area contributed by atoms with E-state index in [2.05, 4.69) is 15.9 Å². The molecule has 3 nitrogen and oxygen atoms in total. The van der Waals surface area contributed by atoms with Crippen LogP contribution in [0.2, 0.25) is 0 Å². The lowest BCUT2D eigenvalue weighted by molar-refractivity contribution is 0.167. The van der Waals surface area contributed by atoms with Crippen LogP contribution in [0.25, 0.3) is 0 Å². The molecule has 0 bridgehead atoms. The molecule has 0 radical (unpaired) electrons. The van der Waals surface area contributed by atoms with Gasteiger partial charge < -0.3 is 15.2 Å². The van der Waals surface area contributed by atoms with Gasteiger partial charge in [-0.1, -0.05) is 6.07 Å². The molecule has 1 aromatic carbocycles. The molecule has 17 heavy (non-hydrogen) atoms. The van der Waals surface area contributed by atoms with E-state index in [-0.39, 0.29) is 6.04 Å². The first-order valence-corrected chi connectivity index (χ1v) is 6.71. The van der Waals surface area contributed by atoms with Crippen LogP contribution in [0, 0.1) is 5.92 Å². The fourth-order valence-corrected chi connectivity index (χ4v) is 2.35. The quantitative estimate of drug-likeness (QED) is 0.930. The summed E-state index contributed by atoms with van der Waals surface area (Å²) in [6.45, 7) is 4.36. The van der Waals surface area contributed by atoms with Crippen molar-refractivity contribution in [2.24, 2.45) is 11.7 Å². The van der Waals surface area contributed by atoms with E-state index < -0.39 is 0 Å². The van der Waals surface area contributed by atoms with Gasteiger partial charge in [0.05, 0.1) is 17.7 Å². The molecule has 4 heteroatoms. The van der Waals surface area contributed by atoms with Crippen molar-refractivity contribution < 1.29 is 9.47 Å².